The van der Waals surface area contributed by atoms with Crippen molar-refractivity contribution in [3.63, 3.8) is 0 Å². The Morgan fingerprint density at radius 3 is 2.24 bits per heavy atom. The van der Waals surface area contributed by atoms with E-state index in [1.165, 1.54) is 12.8 Å². The number of nitrogens with one attached hydrogen (secondary N) is 2. The molecule has 0 radical (unpaired) electrons. The fraction of sp³-hybridized carbons (Fsp3) is 0.600. The summed E-state index contributed by atoms with van der Waals surface area (Å²) in [4.78, 5) is 23.7. The SMILES string of the molecule is CCCCC(CC)CNC(=O)CCC(=O)NCc1ccc(OC)cc1. The molecule has 0 saturated carbocycles. The predicted octanol–water partition coefficient (Wildman–Crippen LogP) is 3.42. The van der Waals surface area contributed by atoms with Gasteiger partial charge in [0.1, 0.15) is 5.75 Å². The summed E-state index contributed by atoms with van der Waals surface area (Å²) in [6, 6.07) is 7.54. The molecule has 0 heterocycles. The van der Waals surface area contributed by atoms with Crippen molar-refractivity contribution in [2.75, 3.05) is 13.7 Å². The molecule has 0 fully saturated rings. The third-order valence-corrected chi connectivity index (χ3v) is 4.36. The Morgan fingerprint density at radius 1 is 1.04 bits per heavy atom. The summed E-state index contributed by atoms with van der Waals surface area (Å²) in [5.74, 6) is 1.17. The number of amides is 2. The first-order valence-electron chi connectivity index (χ1n) is 9.25. The molecule has 0 spiro atoms. The van der Waals surface area contributed by atoms with Crippen molar-refractivity contribution in [3.05, 3.63) is 29.8 Å². The van der Waals surface area contributed by atoms with Crippen molar-refractivity contribution in [2.24, 2.45) is 5.92 Å². The molecular formula is C20H32N2O3. The highest BCUT2D eigenvalue weighted by atomic mass is 16.5. The molecular weight excluding hydrogens is 316 g/mol. The van der Waals surface area contributed by atoms with Crippen LogP contribution in [-0.2, 0) is 16.1 Å². The second kappa shape index (κ2) is 12.3. The van der Waals surface area contributed by atoms with E-state index < -0.39 is 0 Å². The molecule has 2 amide bonds. The zero-order chi connectivity index (χ0) is 18.5. The van der Waals surface area contributed by atoms with Crippen molar-refractivity contribution < 1.29 is 14.3 Å². The van der Waals surface area contributed by atoms with Gasteiger partial charge in [0.25, 0.3) is 0 Å². The van der Waals surface area contributed by atoms with Gasteiger partial charge < -0.3 is 15.4 Å². The maximum atomic E-state index is 11.9. The lowest BCUT2D eigenvalue weighted by Gasteiger charge is -2.15. The first-order chi connectivity index (χ1) is 12.1. The van der Waals surface area contributed by atoms with Gasteiger partial charge in [0, 0.05) is 25.9 Å². The monoisotopic (exact) mass is 348 g/mol. The molecule has 0 aliphatic carbocycles. The fourth-order valence-electron chi connectivity index (χ4n) is 2.55. The van der Waals surface area contributed by atoms with Crippen molar-refractivity contribution in [3.8, 4) is 5.75 Å². The standard InChI is InChI=1S/C20H32N2O3/c1-4-6-7-16(5-2)14-21-19(23)12-13-20(24)22-15-17-8-10-18(25-3)11-9-17/h8-11,16H,4-7,12-15H2,1-3H3,(H,21,23)(H,22,24). The van der Waals surface area contributed by atoms with Crippen LogP contribution in [0.3, 0.4) is 0 Å². The van der Waals surface area contributed by atoms with Gasteiger partial charge in [0.05, 0.1) is 7.11 Å². The van der Waals surface area contributed by atoms with E-state index in [0.29, 0.717) is 19.0 Å². The quantitative estimate of drug-likeness (QED) is 0.608. The van der Waals surface area contributed by atoms with Crippen LogP contribution in [0.25, 0.3) is 0 Å². The third-order valence-electron chi connectivity index (χ3n) is 4.36. The highest BCUT2D eigenvalue weighted by molar-refractivity contribution is 5.83. The Bertz CT molecular complexity index is 514. The minimum atomic E-state index is -0.107. The molecule has 0 aromatic heterocycles. The van der Waals surface area contributed by atoms with Gasteiger partial charge in [-0.05, 0) is 30.0 Å². The number of carbonyl (C=O) groups is 2. The maximum absolute atomic E-state index is 11.9. The predicted molar refractivity (Wildman–Crippen MR) is 100 cm³/mol. The Balaban J connectivity index is 2.20. The van der Waals surface area contributed by atoms with Crippen LogP contribution < -0.4 is 15.4 Å². The van der Waals surface area contributed by atoms with Crippen LogP contribution in [0.5, 0.6) is 5.75 Å². The van der Waals surface area contributed by atoms with Crippen LogP contribution >= 0.6 is 0 Å². The van der Waals surface area contributed by atoms with Gasteiger partial charge >= 0.3 is 0 Å². The summed E-state index contributed by atoms with van der Waals surface area (Å²) in [5, 5.41) is 5.79. The topological polar surface area (TPSA) is 67.4 Å². The first kappa shape index (κ1) is 21.0. The number of methoxy groups -OCH3 is 1. The average molecular weight is 348 g/mol. The van der Waals surface area contributed by atoms with E-state index in [1.807, 2.05) is 24.3 Å². The Kier molecular flexibility index (Phi) is 10.4. The Labute approximate surface area is 151 Å². The molecule has 5 nitrogen and oxygen atoms in total. The molecule has 0 saturated heterocycles. The molecule has 0 aliphatic heterocycles. The normalized spacial score (nSPS) is 11.6. The highest BCUT2D eigenvalue weighted by Gasteiger charge is 2.10. The van der Waals surface area contributed by atoms with Gasteiger partial charge in [-0.3, -0.25) is 9.59 Å². The summed E-state index contributed by atoms with van der Waals surface area (Å²) < 4.78 is 5.10. The largest absolute Gasteiger partial charge is 0.497 e. The number of unbranched alkanes of at least 4 members (excludes halogenated alkanes) is 1. The molecule has 2 N–H and O–H groups in total. The molecule has 1 rings (SSSR count). The Morgan fingerprint density at radius 2 is 1.68 bits per heavy atom. The lowest BCUT2D eigenvalue weighted by atomic mass is 9.99. The summed E-state index contributed by atoms with van der Waals surface area (Å²) in [6.07, 6.45) is 5.05. The van der Waals surface area contributed by atoms with Crippen molar-refractivity contribution >= 4 is 11.8 Å². The highest BCUT2D eigenvalue weighted by Crippen LogP contribution is 2.12. The fourth-order valence-corrected chi connectivity index (χ4v) is 2.55. The van der Waals surface area contributed by atoms with Crippen molar-refractivity contribution in [2.45, 2.75) is 58.9 Å². The molecule has 140 valence electrons. The smallest absolute Gasteiger partial charge is 0.220 e. The number of rotatable bonds is 12. The van der Waals surface area contributed by atoms with E-state index in [2.05, 4.69) is 24.5 Å². The molecule has 25 heavy (non-hydrogen) atoms. The van der Waals surface area contributed by atoms with E-state index in [0.717, 1.165) is 24.2 Å². The molecule has 1 unspecified atom stereocenters. The van der Waals surface area contributed by atoms with Gasteiger partial charge in [-0.2, -0.15) is 0 Å². The molecule has 1 aromatic carbocycles. The maximum Gasteiger partial charge on any atom is 0.220 e. The van der Waals surface area contributed by atoms with E-state index in [9.17, 15) is 9.59 Å². The van der Waals surface area contributed by atoms with Gasteiger partial charge in [-0.25, -0.2) is 0 Å². The first-order valence-corrected chi connectivity index (χ1v) is 9.25. The summed E-state index contributed by atoms with van der Waals surface area (Å²) in [5.41, 5.74) is 1.00. The molecule has 5 heteroatoms. The van der Waals surface area contributed by atoms with Crippen molar-refractivity contribution in [1.29, 1.82) is 0 Å². The molecule has 0 aliphatic rings. The zero-order valence-corrected chi connectivity index (χ0v) is 15.8. The number of hydrogen-bond donors (Lipinski definition) is 2. The number of hydrogen-bond acceptors (Lipinski definition) is 3. The van der Waals surface area contributed by atoms with Crippen molar-refractivity contribution in [1.82, 2.24) is 10.6 Å². The van der Waals surface area contributed by atoms with E-state index in [4.69, 9.17) is 4.74 Å². The van der Waals surface area contributed by atoms with E-state index in [-0.39, 0.29) is 24.7 Å². The molecule has 0 bridgehead atoms. The van der Waals surface area contributed by atoms with Crippen LogP contribution in [0.2, 0.25) is 0 Å². The van der Waals surface area contributed by atoms with Gasteiger partial charge in [-0.15, -0.1) is 0 Å². The number of benzene rings is 1. The number of ether oxygens (including phenoxy) is 1. The Hall–Kier alpha value is -2.04. The zero-order valence-electron chi connectivity index (χ0n) is 15.8. The van der Waals surface area contributed by atoms with Crippen LogP contribution in [0.1, 0.15) is 57.9 Å². The molecule has 1 aromatic rings. The summed E-state index contributed by atoms with van der Waals surface area (Å²) >= 11 is 0. The minimum Gasteiger partial charge on any atom is -0.497 e. The number of carbonyl (C=O) groups excluding carboxylic acids is 2. The summed E-state index contributed by atoms with van der Waals surface area (Å²) in [6.45, 7) is 5.50. The average Bonchev–Trinajstić information content (AvgIpc) is 2.65. The van der Waals surface area contributed by atoms with Crippen LogP contribution in [-0.4, -0.2) is 25.5 Å². The third kappa shape index (κ3) is 9.13. The van der Waals surface area contributed by atoms with Gasteiger partial charge in [-0.1, -0.05) is 45.2 Å². The van der Waals surface area contributed by atoms with Crippen LogP contribution in [0.15, 0.2) is 24.3 Å². The van der Waals surface area contributed by atoms with Gasteiger partial charge in [0.2, 0.25) is 11.8 Å². The van der Waals surface area contributed by atoms with Gasteiger partial charge in [0.15, 0.2) is 0 Å². The van der Waals surface area contributed by atoms with Crippen LogP contribution in [0, 0.1) is 5.92 Å². The van der Waals surface area contributed by atoms with E-state index in [1.54, 1.807) is 7.11 Å². The lowest BCUT2D eigenvalue weighted by molar-refractivity contribution is -0.126. The summed E-state index contributed by atoms with van der Waals surface area (Å²) in [7, 11) is 1.62. The minimum absolute atomic E-state index is 0.0467. The molecule has 1 atom stereocenters. The van der Waals surface area contributed by atoms with E-state index >= 15 is 0 Å². The lowest BCUT2D eigenvalue weighted by Crippen LogP contribution is -2.31. The second-order valence-electron chi connectivity index (χ2n) is 6.35. The second-order valence-corrected chi connectivity index (χ2v) is 6.35. The van der Waals surface area contributed by atoms with Crippen LogP contribution in [0.4, 0.5) is 0 Å².